The van der Waals surface area contributed by atoms with Crippen molar-refractivity contribution in [3.05, 3.63) is 59.3 Å². The largest absolute Gasteiger partial charge is 0.442 e. The minimum Gasteiger partial charge on any atom is -0.442 e. The molecule has 0 spiro atoms. The van der Waals surface area contributed by atoms with Gasteiger partial charge in [-0.2, -0.15) is 0 Å². The van der Waals surface area contributed by atoms with Crippen molar-refractivity contribution in [2.75, 3.05) is 5.73 Å². The van der Waals surface area contributed by atoms with Gasteiger partial charge < -0.3 is 10.2 Å². The van der Waals surface area contributed by atoms with E-state index in [1.165, 1.54) is 16.7 Å². The van der Waals surface area contributed by atoms with Gasteiger partial charge in [-0.3, -0.25) is 0 Å². The number of hydrogen-bond acceptors (Lipinski definition) is 6. The summed E-state index contributed by atoms with van der Waals surface area (Å²) in [5, 5.41) is 0.878. The van der Waals surface area contributed by atoms with E-state index in [0.717, 1.165) is 10.2 Å². The van der Waals surface area contributed by atoms with Gasteiger partial charge in [0.05, 0.1) is 11.6 Å². The number of thiophene rings is 1. The summed E-state index contributed by atoms with van der Waals surface area (Å²) in [4.78, 5) is 15.0. The number of hydrogen-bond donors (Lipinski definition) is 1. The fourth-order valence-electron chi connectivity index (χ4n) is 2.51. The van der Waals surface area contributed by atoms with E-state index < -0.39 is 0 Å². The predicted octanol–water partition coefficient (Wildman–Crippen LogP) is 5.11. The highest BCUT2D eigenvalue weighted by Crippen LogP contribution is 2.36. The summed E-state index contributed by atoms with van der Waals surface area (Å²) < 4.78 is 5.26. The van der Waals surface area contributed by atoms with Crippen molar-refractivity contribution >= 4 is 27.4 Å². The fourth-order valence-corrected chi connectivity index (χ4v) is 3.63. The number of aromatic nitrogens is 3. The third kappa shape index (κ3) is 3.39. The minimum atomic E-state index is 0.278. The minimum absolute atomic E-state index is 0.278. The van der Waals surface area contributed by atoms with Crippen LogP contribution >= 0.6 is 11.3 Å². The van der Waals surface area contributed by atoms with Crippen LogP contribution in [0.15, 0.2) is 53.3 Å². The molecule has 0 radical (unpaired) electrons. The third-order valence-corrected chi connectivity index (χ3v) is 5.00. The Morgan fingerprint density at radius 2 is 1.88 bits per heavy atom. The highest BCUT2D eigenvalue weighted by atomic mass is 32.1. The smallest absolute Gasteiger partial charge is 0.264 e. The fraction of sp³-hybridized carbons (Fsp3) is 0.211. The molecule has 0 saturated carbocycles. The molecule has 1 aromatic carbocycles. The Morgan fingerprint density at radius 3 is 2.56 bits per heavy atom. The monoisotopic (exact) mass is 352 g/mol. The number of benzene rings is 1. The second-order valence-electron chi connectivity index (χ2n) is 5.27. The Labute approximate surface area is 150 Å². The van der Waals surface area contributed by atoms with Crippen LogP contribution in [-0.4, -0.2) is 15.0 Å². The van der Waals surface area contributed by atoms with E-state index in [1.807, 2.05) is 32.0 Å². The van der Waals surface area contributed by atoms with Crippen molar-refractivity contribution in [3.8, 4) is 11.7 Å². The molecule has 128 valence electrons. The lowest BCUT2D eigenvalue weighted by molar-refractivity contribution is 0.569. The molecule has 0 fully saturated rings. The number of nitrogen functional groups attached to an aromatic ring is 1. The number of oxazole rings is 1. The van der Waals surface area contributed by atoms with Crippen LogP contribution < -0.4 is 5.73 Å². The Kier molecular flexibility index (Phi) is 5.09. The number of nitrogens with zero attached hydrogens (tertiary/aromatic N) is 3. The van der Waals surface area contributed by atoms with E-state index in [4.69, 9.17) is 10.2 Å². The number of nitrogens with two attached hydrogens (primary N) is 1. The van der Waals surface area contributed by atoms with Gasteiger partial charge in [-0.05, 0) is 11.6 Å². The lowest BCUT2D eigenvalue weighted by atomic mass is 9.99. The molecule has 0 aliphatic carbocycles. The Morgan fingerprint density at radius 1 is 1.12 bits per heavy atom. The molecule has 5 nitrogen and oxygen atoms in total. The summed E-state index contributed by atoms with van der Waals surface area (Å²) in [5.41, 5.74) is 7.36. The predicted molar refractivity (Wildman–Crippen MR) is 103 cm³/mol. The molecule has 0 saturated heterocycles. The van der Waals surface area contributed by atoms with E-state index in [-0.39, 0.29) is 5.92 Å². The highest BCUT2D eigenvalue weighted by Gasteiger charge is 2.17. The van der Waals surface area contributed by atoms with Crippen LogP contribution in [0, 0.1) is 0 Å². The molecular formula is C19H20N4OS. The molecule has 6 heteroatoms. The third-order valence-electron chi connectivity index (χ3n) is 3.79. The van der Waals surface area contributed by atoms with E-state index in [2.05, 4.69) is 40.1 Å². The average molecular weight is 352 g/mol. The molecule has 3 heterocycles. The van der Waals surface area contributed by atoms with Crippen molar-refractivity contribution in [1.82, 2.24) is 15.0 Å². The first-order valence-corrected chi connectivity index (χ1v) is 9.06. The first kappa shape index (κ1) is 17.1. The summed E-state index contributed by atoms with van der Waals surface area (Å²) in [6, 6.07) is 12.5. The Balaban J connectivity index is 0.000000880. The molecule has 0 bridgehead atoms. The normalized spacial score (nSPS) is 11.8. The molecule has 25 heavy (non-hydrogen) atoms. The molecule has 3 aromatic heterocycles. The van der Waals surface area contributed by atoms with Gasteiger partial charge in [-0.1, -0.05) is 51.1 Å². The maximum Gasteiger partial charge on any atom is 0.264 e. The zero-order valence-corrected chi connectivity index (χ0v) is 15.2. The van der Waals surface area contributed by atoms with Gasteiger partial charge in [-0.25, -0.2) is 15.0 Å². The average Bonchev–Trinajstić information content (AvgIpc) is 3.33. The van der Waals surface area contributed by atoms with Crippen molar-refractivity contribution in [1.29, 1.82) is 0 Å². The zero-order valence-electron chi connectivity index (χ0n) is 14.4. The van der Waals surface area contributed by atoms with Gasteiger partial charge in [0.15, 0.2) is 0 Å². The first-order valence-electron chi connectivity index (χ1n) is 8.24. The van der Waals surface area contributed by atoms with Crippen LogP contribution in [0.3, 0.4) is 0 Å². The van der Waals surface area contributed by atoms with Gasteiger partial charge in [-0.15, -0.1) is 11.3 Å². The van der Waals surface area contributed by atoms with Crippen LogP contribution in [0.4, 0.5) is 5.82 Å². The maximum absolute atomic E-state index is 6.10. The molecule has 4 rings (SSSR count). The zero-order chi connectivity index (χ0) is 17.8. The van der Waals surface area contributed by atoms with E-state index >= 15 is 0 Å². The summed E-state index contributed by atoms with van der Waals surface area (Å²) in [5.74, 6) is 1.52. The summed E-state index contributed by atoms with van der Waals surface area (Å²) in [6.07, 6.45) is 3.06. The van der Waals surface area contributed by atoms with E-state index in [1.54, 1.807) is 17.5 Å². The van der Waals surface area contributed by atoms with Gasteiger partial charge >= 0.3 is 0 Å². The van der Waals surface area contributed by atoms with Crippen molar-refractivity contribution in [3.63, 3.8) is 0 Å². The number of rotatable bonds is 3. The van der Waals surface area contributed by atoms with E-state index in [0.29, 0.717) is 17.5 Å². The molecule has 4 aromatic rings. The summed E-state index contributed by atoms with van der Waals surface area (Å²) >= 11 is 1.63. The van der Waals surface area contributed by atoms with Gasteiger partial charge in [0.25, 0.3) is 5.89 Å². The molecule has 1 atom stereocenters. The maximum atomic E-state index is 6.10. The van der Waals surface area contributed by atoms with Gasteiger partial charge in [0, 0.05) is 10.8 Å². The van der Waals surface area contributed by atoms with E-state index in [9.17, 15) is 0 Å². The number of anilines is 1. The Hall–Kier alpha value is -2.73. The van der Waals surface area contributed by atoms with Crippen LogP contribution in [0.5, 0.6) is 0 Å². The van der Waals surface area contributed by atoms with Crippen LogP contribution in [-0.2, 0) is 0 Å². The second-order valence-corrected chi connectivity index (χ2v) is 6.33. The molecule has 0 aliphatic rings. The lowest BCUT2D eigenvalue weighted by Gasteiger charge is -2.08. The first-order chi connectivity index (χ1) is 12.2. The van der Waals surface area contributed by atoms with Crippen molar-refractivity contribution in [2.45, 2.75) is 26.7 Å². The summed E-state index contributed by atoms with van der Waals surface area (Å²) in [6.45, 7) is 6.18. The highest BCUT2D eigenvalue weighted by molar-refractivity contribution is 7.18. The van der Waals surface area contributed by atoms with Crippen molar-refractivity contribution in [2.24, 2.45) is 0 Å². The molecule has 0 amide bonds. The topological polar surface area (TPSA) is 77.8 Å². The SMILES string of the molecule is CC.CC(c1ccccc1)c1cc2c(N)nc(-c3ncco3)nc2s1. The molecule has 0 aliphatic heterocycles. The van der Waals surface area contributed by atoms with Crippen LogP contribution in [0.2, 0.25) is 0 Å². The summed E-state index contributed by atoms with van der Waals surface area (Å²) in [7, 11) is 0. The lowest BCUT2D eigenvalue weighted by Crippen LogP contribution is -1.96. The van der Waals surface area contributed by atoms with Crippen molar-refractivity contribution < 1.29 is 4.42 Å². The van der Waals surface area contributed by atoms with Gasteiger partial charge in [0.1, 0.15) is 16.9 Å². The standard InChI is InChI=1S/C17H14N4OS.C2H6/c1-10(11-5-3-2-4-6-11)13-9-12-14(18)20-15(21-17(12)23-13)16-19-7-8-22-16;1-2/h2-10H,1H3,(H2,18,20,21);1-2H3. The van der Waals surface area contributed by atoms with Crippen LogP contribution in [0.25, 0.3) is 21.9 Å². The molecular weight excluding hydrogens is 332 g/mol. The molecule has 2 N–H and O–H groups in total. The Bertz CT molecular complexity index is 948. The second kappa shape index (κ2) is 7.44. The molecule has 1 unspecified atom stereocenters. The van der Waals surface area contributed by atoms with Gasteiger partial charge in [0.2, 0.25) is 5.82 Å². The quantitative estimate of drug-likeness (QED) is 0.554. The van der Waals surface area contributed by atoms with Crippen LogP contribution in [0.1, 0.15) is 37.1 Å². The number of fused-ring (bicyclic) bond motifs is 1.